The summed E-state index contributed by atoms with van der Waals surface area (Å²) in [6.45, 7) is 1.82. The van der Waals surface area contributed by atoms with Crippen molar-refractivity contribution < 1.29 is 14.6 Å². The normalized spacial score (nSPS) is 26.1. The average Bonchev–Trinajstić information content (AvgIpc) is 3.00. The summed E-state index contributed by atoms with van der Waals surface area (Å²) in [5.74, 6) is 1.97. The SMILES string of the molecule is CN1CC(CN)CC1c1cc2c(c(Br)c1O)OCO2. The molecule has 2 heterocycles. The van der Waals surface area contributed by atoms with Crippen LogP contribution in [0.5, 0.6) is 17.2 Å². The van der Waals surface area contributed by atoms with Crippen molar-refractivity contribution in [1.29, 1.82) is 0 Å². The molecule has 2 aliphatic heterocycles. The van der Waals surface area contributed by atoms with Gasteiger partial charge in [-0.25, -0.2) is 0 Å². The first-order valence-corrected chi connectivity index (χ1v) is 7.12. The van der Waals surface area contributed by atoms with Crippen molar-refractivity contribution in [3.63, 3.8) is 0 Å². The molecular weight excluding hydrogens is 312 g/mol. The molecule has 3 N–H and O–H groups in total. The first-order valence-electron chi connectivity index (χ1n) is 6.33. The highest BCUT2D eigenvalue weighted by Crippen LogP contribution is 2.50. The Morgan fingerprint density at radius 1 is 1.53 bits per heavy atom. The summed E-state index contributed by atoms with van der Waals surface area (Å²) < 4.78 is 11.3. The summed E-state index contributed by atoms with van der Waals surface area (Å²) in [5.41, 5.74) is 6.62. The quantitative estimate of drug-likeness (QED) is 0.867. The first-order chi connectivity index (χ1) is 9.11. The van der Waals surface area contributed by atoms with Crippen LogP contribution < -0.4 is 15.2 Å². The van der Waals surface area contributed by atoms with Gasteiger partial charge in [0.1, 0.15) is 10.2 Å². The molecule has 0 saturated carbocycles. The van der Waals surface area contributed by atoms with Gasteiger partial charge in [0.2, 0.25) is 6.79 Å². The Labute approximate surface area is 120 Å². The molecule has 0 radical (unpaired) electrons. The number of nitrogens with two attached hydrogens (primary N) is 1. The van der Waals surface area contributed by atoms with Gasteiger partial charge in [-0.3, -0.25) is 4.90 Å². The van der Waals surface area contributed by atoms with Crippen LogP contribution in [0.1, 0.15) is 18.0 Å². The lowest BCUT2D eigenvalue weighted by atomic mass is 9.98. The van der Waals surface area contributed by atoms with E-state index >= 15 is 0 Å². The number of phenols is 1. The topological polar surface area (TPSA) is 68.0 Å². The Bertz CT molecular complexity index is 509. The van der Waals surface area contributed by atoms with E-state index in [4.69, 9.17) is 15.2 Å². The third kappa shape index (κ3) is 2.07. The molecule has 0 aromatic heterocycles. The monoisotopic (exact) mass is 328 g/mol. The van der Waals surface area contributed by atoms with Gasteiger partial charge in [-0.2, -0.15) is 0 Å². The Hall–Kier alpha value is -0.980. The third-order valence-electron chi connectivity index (χ3n) is 3.94. The summed E-state index contributed by atoms with van der Waals surface area (Å²) in [7, 11) is 2.05. The van der Waals surface area contributed by atoms with E-state index < -0.39 is 0 Å². The van der Waals surface area contributed by atoms with Crippen LogP contribution >= 0.6 is 15.9 Å². The molecule has 2 aliphatic rings. The lowest BCUT2D eigenvalue weighted by molar-refractivity contribution is 0.173. The van der Waals surface area contributed by atoms with Gasteiger partial charge in [-0.1, -0.05) is 0 Å². The van der Waals surface area contributed by atoms with Gasteiger partial charge >= 0.3 is 0 Å². The highest BCUT2D eigenvalue weighted by atomic mass is 79.9. The van der Waals surface area contributed by atoms with E-state index in [1.54, 1.807) is 0 Å². The Balaban J connectivity index is 2.00. The number of benzene rings is 1. The molecule has 0 bridgehead atoms. The molecule has 19 heavy (non-hydrogen) atoms. The number of halogens is 1. The van der Waals surface area contributed by atoms with Crippen LogP contribution in [0.3, 0.4) is 0 Å². The molecule has 1 aromatic rings. The maximum Gasteiger partial charge on any atom is 0.231 e. The second-order valence-corrected chi connectivity index (χ2v) is 5.95. The Morgan fingerprint density at radius 2 is 2.32 bits per heavy atom. The van der Waals surface area contributed by atoms with Crippen LogP contribution in [0.2, 0.25) is 0 Å². The summed E-state index contributed by atoms with van der Waals surface area (Å²) in [6, 6.07) is 2.04. The fourth-order valence-corrected chi connectivity index (χ4v) is 3.44. The molecule has 0 aliphatic carbocycles. The predicted molar refractivity (Wildman–Crippen MR) is 74.5 cm³/mol. The van der Waals surface area contributed by atoms with Gasteiger partial charge in [0.15, 0.2) is 11.5 Å². The summed E-state index contributed by atoms with van der Waals surface area (Å²) in [4.78, 5) is 2.22. The number of nitrogens with zero attached hydrogens (tertiary/aromatic N) is 1. The van der Waals surface area contributed by atoms with Crippen LogP contribution in [-0.4, -0.2) is 36.9 Å². The zero-order valence-corrected chi connectivity index (χ0v) is 12.3. The first kappa shape index (κ1) is 13.0. The highest BCUT2D eigenvalue weighted by molar-refractivity contribution is 9.10. The van der Waals surface area contributed by atoms with Crippen molar-refractivity contribution in [3.8, 4) is 17.2 Å². The maximum atomic E-state index is 10.4. The fourth-order valence-electron chi connectivity index (χ4n) is 2.91. The average molecular weight is 329 g/mol. The number of likely N-dealkylation sites (tertiary alicyclic amines) is 1. The van der Waals surface area contributed by atoms with E-state index in [2.05, 4.69) is 27.9 Å². The van der Waals surface area contributed by atoms with Gasteiger partial charge in [-0.15, -0.1) is 0 Å². The van der Waals surface area contributed by atoms with E-state index in [0.29, 0.717) is 28.4 Å². The Morgan fingerprint density at radius 3 is 3.00 bits per heavy atom. The van der Waals surface area contributed by atoms with Gasteiger partial charge in [0.05, 0.1) is 0 Å². The second kappa shape index (κ2) is 4.85. The minimum absolute atomic E-state index is 0.166. The van der Waals surface area contributed by atoms with Crippen LogP contribution in [-0.2, 0) is 0 Å². The zero-order valence-electron chi connectivity index (χ0n) is 10.7. The van der Waals surface area contributed by atoms with E-state index in [1.165, 1.54) is 0 Å². The number of phenolic OH excluding ortho intramolecular Hbond substituents is 1. The molecule has 6 heteroatoms. The standard InChI is InChI=1S/C13H17BrN2O3/c1-16-5-7(4-15)2-9(16)8-3-10-13(19-6-18-10)11(14)12(8)17/h3,7,9,17H,2,4-6,15H2,1H3. The predicted octanol–water partition coefficient (Wildman–Crippen LogP) is 1.83. The molecule has 1 aromatic carbocycles. The molecular formula is C13H17BrN2O3. The van der Waals surface area contributed by atoms with Crippen LogP contribution in [0.15, 0.2) is 10.5 Å². The van der Waals surface area contributed by atoms with Crippen molar-refractivity contribution in [2.75, 3.05) is 26.9 Å². The number of aromatic hydroxyl groups is 1. The van der Waals surface area contributed by atoms with E-state index in [9.17, 15) is 5.11 Å². The van der Waals surface area contributed by atoms with Crippen LogP contribution in [0.25, 0.3) is 0 Å². The highest BCUT2D eigenvalue weighted by Gasteiger charge is 2.34. The molecule has 2 atom stereocenters. The minimum Gasteiger partial charge on any atom is -0.506 e. The lowest BCUT2D eigenvalue weighted by Crippen LogP contribution is -2.20. The van der Waals surface area contributed by atoms with Crippen molar-refractivity contribution in [2.45, 2.75) is 12.5 Å². The molecule has 3 rings (SSSR count). The van der Waals surface area contributed by atoms with E-state index in [-0.39, 0.29) is 18.6 Å². The third-order valence-corrected chi connectivity index (χ3v) is 4.67. The van der Waals surface area contributed by atoms with Gasteiger partial charge in [-0.05, 0) is 47.9 Å². The van der Waals surface area contributed by atoms with Gasteiger partial charge in [0.25, 0.3) is 0 Å². The number of rotatable bonds is 2. The zero-order chi connectivity index (χ0) is 13.6. The molecule has 1 saturated heterocycles. The van der Waals surface area contributed by atoms with Crippen molar-refractivity contribution >= 4 is 15.9 Å². The van der Waals surface area contributed by atoms with Crippen molar-refractivity contribution in [3.05, 3.63) is 16.1 Å². The number of hydrogen-bond acceptors (Lipinski definition) is 5. The fraction of sp³-hybridized carbons (Fsp3) is 0.538. The van der Waals surface area contributed by atoms with Crippen LogP contribution in [0.4, 0.5) is 0 Å². The number of hydrogen-bond donors (Lipinski definition) is 2. The molecule has 0 spiro atoms. The number of fused-ring (bicyclic) bond motifs is 1. The summed E-state index contributed by atoms with van der Waals surface area (Å²) in [6.07, 6.45) is 0.951. The second-order valence-electron chi connectivity index (χ2n) is 5.15. The Kier molecular flexibility index (Phi) is 3.32. The van der Waals surface area contributed by atoms with Crippen molar-refractivity contribution in [1.82, 2.24) is 4.90 Å². The summed E-state index contributed by atoms with van der Waals surface area (Å²) in [5, 5.41) is 10.4. The van der Waals surface area contributed by atoms with Crippen molar-refractivity contribution in [2.24, 2.45) is 11.7 Å². The number of ether oxygens (including phenoxy) is 2. The molecule has 5 nitrogen and oxygen atoms in total. The lowest BCUT2D eigenvalue weighted by Gasteiger charge is -2.21. The minimum atomic E-state index is 0.166. The smallest absolute Gasteiger partial charge is 0.231 e. The van der Waals surface area contributed by atoms with E-state index in [0.717, 1.165) is 18.5 Å². The van der Waals surface area contributed by atoms with E-state index in [1.807, 2.05) is 6.07 Å². The molecule has 0 amide bonds. The summed E-state index contributed by atoms with van der Waals surface area (Å²) >= 11 is 3.38. The maximum absolute atomic E-state index is 10.4. The molecule has 1 fully saturated rings. The largest absolute Gasteiger partial charge is 0.506 e. The van der Waals surface area contributed by atoms with Gasteiger partial charge < -0.3 is 20.3 Å². The van der Waals surface area contributed by atoms with Crippen LogP contribution in [0, 0.1) is 5.92 Å². The molecule has 104 valence electrons. The molecule has 2 unspecified atom stereocenters. The van der Waals surface area contributed by atoms with Gasteiger partial charge in [0, 0.05) is 18.2 Å².